The van der Waals surface area contributed by atoms with Crippen LogP contribution in [0.3, 0.4) is 0 Å². The largest absolute Gasteiger partial charge is 0.444 e. The summed E-state index contributed by atoms with van der Waals surface area (Å²) in [6, 6.07) is 7.32. The van der Waals surface area contributed by atoms with Crippen LogP contribution in [-0.2, 0) is 4.74 Å². The molecular formula is C26H31N5O2S. The Morgan fingerprint density at radius 1 is 1.12 bits per heavy atom. The minimum atomic E-state index is -0.443. The zero-order valence-corrected chi connectivity index (χ0v) is 20.8. The number of fused-ring (bicyclic) bond motifs is 2. The lowest BCUT2D eigenvalue weighted by Gasteiger charge is -2.41. The van der Waals surface area contributed by atoms with Crippen molar-refractivity contribution in [3.05, 3.63) is 41.9 Å². The smallest absolute Gasteiger partial charge is 0.410 e. The molecule has 0 unspecified atom stereocenters. The van der Waals surface area contributed by atoms with Gasteiger partial charge in [0.05, 0.1) is 21.3 Å². The molecule has 0 spiro atoms. The molecule has 6 rings (SSSR count). The van der Waals surface area contributed by atoms with Gasteiger partial charge in [-0.15, -0.1) is 11.3 Å². The van der Waals surface area contributed by atoms with Crippen LogP contribution in [0.2, 0.25) is 0 Å². The van der Waals surface area contributed by atoms with E-state index in [0.29, 0.717) is 23.9 Å². The normalized spacial score (nSPS) is 27.1. The van der Waals surface area contributed by atoms with Crippen LogP contribution in [0.25, 0.3) is 21.3 Å². The Morgan fingerprint density at radius 2 is 1.91 bits per heavy atom. The van der Waals surface area contributed by atoms with Gasteiger partial charge < -0.3 is 9.64 Å². The highest BCUT2D eigenvalue weighted by molar-refractivity contribution is 7.18. The average Bonchev–Trinajstić information content (AvgIpc) is 3.45. The van der Waals surface area contributed by atoms with Gasteiger partial charge in [-0.1, -0.05) is 6.07 Å². The molecule has 1 aliphatic carbocycles. The number of likely N-dealkylation sites (tertiary alicyclic amines) is 2. The van der Waals surface area contributed by atoms with Crippen molar-refractivity contribution < 1.29 is 9.53 Å². The highest BCUT2D eigenvalue weighted by Gasteiger charge is 2.48. The second-order valence-electron chi connectivity index (χ2n) is 10.9. The van der Waals surface area contributed by atoms with Crippen molar-refractivity contribution in [1.82, 2.24) is 24.8 Å². The van der Waals surface area contributed by atoms with E-state index in [4.69, 9.17) is 9.72 Å². The van der Waals surface area contributed by atoms with Gasteiger partial charge in [-0.25, -0.2) is 19.7 Å². The van der Waals surface area contributed by atoms with Crippen LogP contribution in [0, 0.1) is 5.92 Å². The summed E-state index contributed by atoms with van der Waals surface area (Å²) in [4.78, 5) is 30.5. The summed E-state index contributed by atoms with van der Waals surface area (Å²) in [5.74, 6) is 1.11. The molecule has 0 N–H and O–H groups in total. The quantitative estimate of drug-likeness (QED) is 0.532. The van der Waals surface area contributed by atoms with E-state index < -0.39 is 5.60 Å². The van der Waals surface area contributed by atoms with Crippen LogP contribution in [0.1, 0.15) is 51.0 Å². The first-order chi connectivity index (χ1) is 16.3. The topological polar surface area (TPSA) is 71.5 Å². The van der Waals surface area contributed by atoms with E-state index in [-0.39, 0.29) is 6.09 Å². The first kappa shape index (κ1) is 21.9. The SMILES string of the molecule is CC(C)(C)OC(=O)N1CC[C@@H]2CN(C3CC(c4nc5ccc(-c6cncnc6)cc5s4)C3)C[C@H]21. The van der Waals surface area contributed by atoms with Crippen molar-refractivity contribution in [3.63, 3.8) is 0 Å². The lowest BCUT2D eigenvalue weighted by Crippen LogP contribution is -2.46. The molecule has 0 bridgehead atoms. The summed E-state index contributed by atoms with van der Waals surface area (Å²) in [6.07, 6.45) is 8.51. The molecule has 2 aromatic heterocycles. The molecule has 1 aromatic carbocycles. The fourth-order valence-corrected chi connectivity index (χ4v) is 6.80. The molecule has 2 atom stereocenters. The summed E-state index contributed by atoms with van der Waals surface area (Å²) in [5, 5.41) is 1.25. The van der Waals surface area contributed by atoms with Gasteiger partial charge in [0, 0.05) is 49.6 Å². The third-order valence-electron chi connectivity index (χ3n) is 7.48. The second-order valence-corrected chi connectivity index (χ2v) is 12.0. The van der Waals surface area contributed by atoms with Gasteiger partial charge in [-0.05, 0) is 63.6 Å². The molecule has 1 saturated carbocycles. The van der Waals surface area contributed by atoms with Gasteiger partial charge in [0.15, 0.2) is 0 Å². The molecule has 3 aliphatic rings. The maximum atomic E-state index is 12.7. The number of amides is 1. The molecule has 178 valence electrons. The highest BCUT2D eigenvalue weighted by Crippen LogP contribution is 2.45. The highest BCUT2D eigenvalue weighted by atomic mass is 32.1. The standard InChI is InChI=1S/C26H31N5O2S/c1-26(2,3)33-25(32)31-7-6-17-13-30(14-22(17)31)20-8-18(9-20)24-29-21-5-4-16(10-23(21)34-24)19-11-27-15-28-12-19/h4-5,10-12,15,17-18,20,22H,6-9,13-14H2,1-3H3/t17-,18?,20?,22-/m1/s1. The molecule has 2 saturated heterocycles. The Morgan fingerprint density at radius 3 is 2.68 bits per heavy atom. The minimum absolute atomic E-state index is 0.149. The van der Waals surface area contributed by atoms with Crippen molar-refractivity contribution in [2.24, 2.45) is 5.92 Å². The number of ether oxygens (including phenoxy) is 1. The van der Waals surface area contributed by atoms with Crippen molar-refractivity contribution in [3.8, 4) is 11.1 Å². The molecule has 34 heavy (non-hydrogen) atoms. The van der Waals surface area contributed by atoms with Crippen LogP contribution in [0.4, 0.5) is 4.79 Å². The van der Waals surface area contributed by atoms with E-state index in [1.54, 1.807) is 6.33 Å². The van der Waals surface area contributed by atoms with Gasteiger partial charge in [-0.2, -0.15) is 0 Å². The molecule has 7 nitrogen and oxygen atoms in total. The van der Waals surface area contributed by atoms with Crippen molar-refractivity contribution >= 4 is 27.6 Å². The number of carbonyl (C=O) groups excluding carboxylic acids is 1. The maximum absolute atomic E-state index is 12.7. The number of rotatable bonds is 3. The van der Waals surface area contributed by atoms with Crippen molar-refractivity contribution in [2.45, 2.75) is 63.6 Å². The Bertz CT molecular complexity index is 1200. The van der Waals surface area contributed by atoms with Gasteiger partial charge >= 0.3 is 6.09 Å². The van der Waals surface area contributed by atoms with Gasteiger partial charge in [0.25, 0.3) is 0 Å². The minimum Gasteiger partial charge on any atom is -0.444 e. The van der Waals surface area contributed by atoms with Gasteiger partial charge in [0.2, 0.25) is 0 Å². The number of hydrogen-bond donors (Lipinski definition) is 0. The Balaban J connectivity index is 1.09. The third kappa shape index (κ3) is 4.07. The number of carbonyl (C=O) groups is 1. The third-order valence-corrected chi connectivity index (χ3v) is 8.66. The summed E-state index contributed by atoms with van der Waals surface area (Å²) in [5.41, 5.74) is 2.80. The summed E-state index contributed by atoms with van der Waals surface area (Å²) >= 11 is 1.82. The van der Waals surface area contributed by atoms with Crippen molar-refractivity contribution in [1.29, 1.82) is 0 Å². The monoisotopic (exact) mass is 477 g/mol. The van der Waals surface area contributed by atoms with Crippen LogP contribution in [-0.4, -0.2) is 68.2 Å². The lowest BCUT2D eigenvalue weighted by atomic mass is 9.80. The molecule has 4 heterocycles. The number of benzene rings is 1. The fraction of sp³-hybridized carbons (Fsp3) is 0.538. The summed E-state index contributed by atoms with van der Waals surface area (Å²) in [7, 11) is 0. The Kier molecular flexibility index (Phi) is 5.33. The van der Waals surface area contributed by atoms with E-state index >= 15 is 0 Å². The average molecular weight is 478 g/mol. The molecule has 3 fully saturated rings. The molecular weight excluding hydrogens is 446 g/mol. The van der Waals surface area contributed by atoms with E-state index in [9.17, 15) is 4.79 Å². The zero-order valence-electron chi connectivity index (χ0n) is 20.0. The number of thiazole rings is 1. The van der Waals surface area contributed by atoms with E-state index in [1.165, 1.54) is 9.71 Å². The van der Waals surface area contributed by atoms with E-state index in [0.717, 1.165) is 55.5 Å². The Labute approximate surface area is 204 Å². The van der Waals surface area contributed by atoms with E-state index in [2.05, 4.69) is 33.1 Å². The number of nitrogens with zero attached hydrogens (tertiary/aromatic N) is 5. The lowest BCUT2D eigenvalue weighted by molar-refractivity contribution is 0.0204. The molecule has 3 aromatic rings. The van der Waals surface area contributed by atoms with Crippen molar-refractivity contribution in [2.75, 3.05) is 19.6 Å². The zero-order chi connectivity index (χ0) is 23.4. The predicted octanol–water partition coefficient (Wildman–Crippen LogP) is 4.94. The van der Waals surface area contributed by atoms with Crippen LogP contribution in [0.5, 0.6) is 0 Å². The maximum Gasteiger partial charge on any atom is 0.410 e. The molecule has 0 radical (unpaired) electrons. The predicted molar refractivity (Wildman–Crippen MR) is 133 cm³/mol. The molecule has 1 amide bonds. The first-order valence-electron chi connectivity index (χ1n) is 12.2. The van der Waals surface area contributed by atoms with Gasteiger partial charge in [0.1, 0.15) is 11.9 Å². The molecule has 8 heteroatoms. The summed E-state index contributed by atoms with van der Waals surface area (Å²) in [6.45, 7) is 8.72. The molecule has 2 aliphatic heterocycles. The van der Waals surface area contributed by atoms with Crippen LogP contribution < -0.4 is 0 Å². The Hall–Kier alpha value is -2.58. The second kappa shape index (κ2) is 8.27. The first-order valence-corrected chi connectivity index (χ1v) is 13.1. The van der Waals surface area contributed by atoms with E-state index in [1.807, 2.05) is 49.4 Å². The summed E-state index contributed by atoms with van der Waals surface area (Å²) < 4.78 is 6.89. The fourth-order valence-electron chi connectivity index (χ4n) is 5.67. The van der Waals surface area contributed by atoms with Crippen LogP contribution >= 0.6 is 11.3 Å². The van der Waals surface area contributed by atoms with Crippen LogP contribution in [0.15, 0.2) is 36.9 Å². The number of hydrogen-bond acceptors (Lipinski definition) is 7. The van der Waals surface area contributed by atoms with Gasteiger partial charge in [-0.3, -0.25) is 4.90 Å². The number of aromatic nitrogens is 3.